The molecule has 1 fully saturated rings. The summed E-state index contributed by atoms with van der Waals surface area (Å²) in [5, 5.41) is 0. The molecular weight excluding hydrogens is 204 g/mol. The molecule has 1 aromatic carbocycles. The van der Waals surface area contributed by atoms with E-state index in [1.54, 1.807) is 6.07 Å². The summed E-state index contributed by atoms with van der Waals surface area (Å²) in [4.78, 5) is 11.8. The van der Waals surface area contributed by atoms with Gasteiger partial charge in [-0.05, 0) is 38.5 Å². The molecule has 0 unspecified atom stereocenters. The summed E-state index contributed by atoms with van der Waals surface area (Å²) in [6.45, 7) is 6.33. The van der Waals surface area contributed by atoms with E-state index in [1.807, 2.05) is 39.0 Å². The number of carbonyl (C=O) groups excluding carboxylic acids is 1. The third kappa shape index (κ3) is 2.83. The predicted molar refractivity (Wildman–Crippen MR) is 60.3 cm³/mol. The van der Waals surface area contributed by atoms with E-state index in [0.29, 0.717) is 5.56 Å². The van der Waals surface area contributed by atoms with Crippen molar-refractivity contribution in [3.8, 4) is 0 Å². The zero-order valence-electron chi connectivity index (χ0n) is 9.82. The summed E-state index contributed by atoms with van der Waals surface area (Å²) in [7, 11) is 0. The fourth-order valence-corrected chi connectivity index (χ4v) is 1.44. The van der Waals surface area contributed by atoms with Crippen LogP contribution in [0.2, 0.25) is 0 Å². The van der Waals surface area contributed by atoms with Crippen molar-refractivity contribution in [2.45, 2.75) is 32.5 Å². The first-order chi connectivity index (χ1) is 7.46. The van der Waals surface area contributed by atoms with Crippen molar-refractivity contribution in [1.82, 2.24) is 0 Å². The highest BCUT2D eigenvalue weighted by molar-refractivity contribution is 5.89. The van der Waals surface area contributed by atoms with E-state index in [0.717, 1.165) is 12.2 Å². The second-order valence-corrected chi connectivity index (χ2v) is 4.95. The van der Waals surface area contributed by atoms with Crippen LogP contribution in [0, 0.1) is 0 Å². The van der Waals surface area contributed by atoms with E-state index in [9.17, 15) is 4.79 Å². The van der Waals surface area contributed by atoms with Crippen LogP contribution in [0.5, 0.6) is 0 Å². The molecule has 0 amide bonds. The number of epoxide rings is 1. The lowest BCUT2D eigenvalue weighted by Crippen LogP contribution is -2.23. The Morgan fingerprint density at radius 2 is 2.12 bits per heavy atom. The maximum Gasteiger partial charge on any atom is 0.338 e. The molecule has 2 rings (SSSR count). The van der Waals surface area contributed by atoms with Gasteiger partial charge in [0.1, 0.15) is 11.7 Å². The first-order valence-corrected chi connectivity index (χ1v) is 5.41. The Morgan fingerprint density at radius 3 is 2.69 bits per heavy atom. The number of ether oxygens (including phenoxy) is 2. The van der Waals surface area contributed by atoms with Crippen LogP contribution in [-0.2, 0) is 9.47 Å². The van der Waals surface area contributed by atoms with E-state index in [1.165, 1.54) is 0 Å². The van der Waals surface area contributed by atoms with Crippen molar-refractivity contribution < 1.29 is 14.3 Å². The quantitative estimate of drug-likeness (QED) is 0.568. The summed E-state index contributed by atoms with van der Waals surface area (Å²) < 4.78 is 10.5. The zero-order valence-corrected chi connectivity index (χ0v) is 9.82. The molecule has 0 aromatic heterocycles. The minimum absolute atomic E-state index is 0.169. The average Bonchev–Trinajstić information content (AvgIpc) is 2.98. The van der Waals surface area contributed by atoms with Crippen molar-refractivity contribution in [3.05, 3.63) is 35.4 Å². The van der Waals surface area contributed by atoms with Gasteiger partial charge in [-0.15, -0.1) is 0 Å². The minimum Gasteiger partial charge on any atom is -0.456 e. The Kier molecular flexibility index (Phi) is 2.72. The van der Waals surface area contributed by atoms with E-state index < -0.39 is 5.60 Å². The lowest BCUT2D eigenvalue weighted by Gasteiger charge is -2.19. The third-order valence-electron chi connectivity index (χ3n) is 2.23. The number of esters is 1. The van der Waals surface area contributed by atoms with Gasteiger partial charge in [-0.2, -0.15) is 0 Å². The molecule has 0 bridgehead atoms. The van der Waals surface area contributed by atoms with Crippen LogP contribution in [-0.4, -0.2) is 18.2 Å². The Hall–Kier alpha value is -1.35. The molecule has 3 heteroatoms. The maximum absolute atomic E-state index is 11.8. The third-order valence-corrected chi connectivity index (χ3v) is 2.23. The summed E-state index contributed by atoms with van der Waals surface area (Å²) in [6, 6.07) is 7.42. The van der Waals surface area contributed by atoms with Crippen LogP contribution in [0.15, 0.2) is 24.3 Å². The van der Waals surface area contributed by atoms with Gasteiger partial charge in [0.05, 0.1) is 12.2 Å². The number of benzene rings is 1. The second kappa shape index (κ2) is 3.91. The fraction of sp³-hybridized carbons (Fsp3) is 0.462. The molecule has 1 aliphatic rings. The van der Waals surface area contributed by atoms with Gasteiger partial charge in [-0.25, -0.2) is 4.79 Å². The molecule has 1 aromatic rings. The summed E-state index contributed by atoms with van der Waals surface area (Å²) in [6.07, 6.45) is 0.169. The molecule has 0 aliphatic carbocycles. The lowest BCUT2D eigenvalue weighted by molar-refractivity contribution is 0.00694. The topological polar surface area (TPSA) is 38.8 Å². The van der Waals surface area contributed by atoms with Crippen molar-refractivity contribution >= 4 is 5.97 Å². The van der Waals surface area contributed by atoms with Gasteiger partial charge in [-0.1, -0.05) is 12.1 Å². The van der Waals surface area contributed by atoms with Crippen LogP contribution in [0.3, 0.4) is 0 Å². The fourth-order valence-electron chi connectivity index (χ4n) is 1.44. The van der Waals surface area contributed by atoms with Gasteiger partial charge in [-0.3, -0.25) is 0 Å². The SMILES string of the molecule is CC(C)(C)OC(=O)c1cccc([C@H]2CO2)c1. The van der Waals surface area contributed by atoms with Crippen LogP contribution in [0.4, 0.5) is 0 Å². The molecule has 1 saturated heterocycles. The van der Waals surface area contributed by atoms with Crippen LogP contribution in [0.1, 0.15) is 42.8 Å². The van der Waals surface area contributed by atoms with Gasteiger partial charge in [0, 0.05) is 0 Å². The van der Waals surface area contributed by atoms with E-state index in [-0.39, 0.29) is 12.1 Å². The van der Waals surface area contributed by atoms with E-state index >= 15 is 0 Å². The van der Waals surface area contributed by atoms with Crippen molar-refractivity contribution in [2.24, 2.45) is 0 Å². The van der Waals surface area contributed by atoms with Crippen molar-refractivity contribution in [1.29, 1.82) is 0 Å². The number of carbonyl (C=O) groups is 1. The van der Waals surface area contributed by atoms with E-state index in [4.69, 9.17) is 9.47 Å². The molecule has 1 atom stereocenters. The Labute approximate surface area is 95.4 Å². The lowest BCUT2D eigenvalue weighted by atomic mass is 10.1. The first-order valence-electron chi connectivity index (χ1n) is 5.41. The average molecular weight is 220 g/mol. The largest absolute Gasteiger partial charge is 0.456 e. The molecule has 1 heterocycles. The smallest absolute Gasteiger partial charge is 0.338 e. The van der Waals surface area contributed by atoms with Gasteiger partial charge in [0.15, 0.2) is 0 Å². The summed E-state index contributed by atoms with van der Waals surface area (Å²) in [5.74, 6) is -0.282. The molecule has 0 radical (unpaired) electrons. The number of rotatable bonds is 2. The van der Waals surface area contributed by atoms with Crippen LogP contribution < -0.4 is 0 Å². The number of hydrogen-bond acceptors (Lipinski definition) is 3. The Bertz CT molecular complexity index is 400. The first kappa shape index (κ1) is 11.1. The van der Waals surface area contributed by atoms with Crippen molar-refractivity contribution in [3.63, 3.8) is 0 Å². The van der Waals surface area contributed by atoms with Crippen molar-refractivity contribution in [2.75, 3.05) is 6.61 Å². The highest BCUT2D eigenvalue weighted by atomic mass is 16.6. The Morgan fingerprint density at radius 1 is 1.44 bits per heavy atom. The highest BCUT2D eigenvalue weighted by Gasteiger charge is 2.26. The Balaban J connectivity index is 2.13. The zero-order chi connectivity index (χ0) is 11.8. The number of hydrogen-bond donors (Lipinski definition) is 0. The molecule has 0 saturated carbocycles. The highest BCUT2D eigenvalue weighted by Crippen LogP contribution is 2.30. The minimum atomic E-state index is -0.455. The molecule has 0 N–H and O–H groups in total. The van der Waals surface area contributed by atoms with Gasteiger partial charge in [0.25, 0.3) is 0 Å². The summed E-state index contributed by atoms with van der Waals surface area (Å²) >= 11 is 0. The predicted octanol–water partition coefficient (Wildman–Crippen LogP) is 2.71. The molecular formula is C13H16O3. The van der Waals surface area contributed by atoms with Crippen LogP contribution in [0.25, 0.3) is 0 Å². The van der Waals surface area contributed by atoms with Gasteiger partial charge < -0.3 is 9.47 Å². The molecule has 1 aliphatic heterocycles. The maximum atomic E-state index is 11.8. The standard InChI is InChI=1S/C13H16O3/c1-13(2,3)16-12(14)10-6-4-5-9(7-10)11-8-15-11/h4-7,11H,8H2,1-3H3/t11-/m1/s1. The van der Waals surface area contributed by atoms with E-state index in [2.05, 4.69) is 0 Å². The molecule has 0 spiro atoms. The monoisotopic (exact) mass is 220 g/mol. The molecule has 86 valence electrons. The second-order valence-electron chi connectivity index (χ2n) is 4.95. The molecule has 3 nitrogen and oxygen atoms in total. The molecule has 16 heavy (non-hydrogen) atoms. The summed E-state index contributed by atoms with van der Waals surface area (Å²) in [5.41, 5.74) is 1.18. The normalized spacial score (nSPS) is 19.3. The van der Waals surface area contributed by atoms with Gasteiger partial charge in [0.2, 0.25) is 0 Å². The van der Waals surface area contributed by atoms with Gasteiger partial charge >= 0.3 is 5.97 Å². The van der Waals surface area contributed by atoms with Crippen LogP contribution >= 0.6 is 0 Å².